The molecule has 0 aliphatic rings. The second-order valence-electron chi connectivity index (χ2n) is 3.72. The monoisotopic (exact) mass is 313 g/mol. The summed E-state index contributed by atoms with van der Waals surface area (Å²) in [4.78, 5) is 15.6. The third kappa shape index (κ3) is 3.86. The Hall–Kier alpha value is -1.23. The van der Waals surface area contributed by atoms with Crippen LogP contribution in [0, 0.1) is 0 Å². The summed E-state index contributed by atoms with van der Waals surface area (Å²) in [5.74, 6) is -0.387. The van der Waals surface area contributed by atoms with Crippen molar-refractivity contribution in [3.8, 4) is 0 Å². The number of aromatic carboxylic acids is 1. The first-order valence-corrected chi connectivity index (χ1v) is 7.06. The number of hydrogen-bond donors (Lipinski definition) is 1. The minimum atomic E-state index is -1.03. The van der Waals surface area contributed by atoms with E-state index < -0.39 is 5.97 Å². The van der Waals surface area contributed by atoms with Gasteiger partial charge >= 0.3 is 5.97 Å². The van der Waals surface area contributed by atoms with Crippen LogP contribution in [0.3, 0.4) is 0 Å². The Kier molecular flexibility index (Phi) is 4.69. The molecular weight excluding hydrogens is 305 g/mol. The fourth-order valence-corrected chi connectivity index (χ4v) is 2.66. The topological polar surface area (TPSA) is 50.2 Å². The van der Waals surface area contributed by atoms with Crippen LogP contribution < -0.4 is 0 Å². The van der Waals surface area contributed by atoms with E-state index in [9.17, 15) is 4.79 Å². The van der Waals surface area contributed by atoms with Crippen LogP contribution in [0.1, 0.15) is 16.1 Å². The highest BCUT2D eigenvalue weighted by atomic mass is 35.5. The lowest BCUT2D eigenvalue weighted by molar-refractivity contribution is 0.0690. The van der Waals surface area contributed by atoms with Crippen molar-refractivity contribution in [1.82, 2.24) is 4.98 Å². The van der Waals surface area contributed by atoms with Gasteiger partial charge in [-0.3, -0.25) is 0 Å². The summed E-state index contributed by atoms with van der Waals surface area (Å²) in [6.07, 6.45) is 1.49. The Bertz CT molecular complexity index is 619. The van der Waals surface area contributed by atoms with E-state index in [-0.39, 0.29) is 5.69 Å². The maximum Gasteiger partial charge on any atom is 0.354 e. The molecule has 2 aromatic rings. The zero-order valence-electron chi connectivity index (χ0n) is 9.64. The normalized spacial score (nSPS) is 10.4. The lowest BCUT2D eigenvalue weighted by Crippen LogP contribution is -2.00. The zero-order chi connectivity index (χ0) is 13.8. The molecule has 0 spiro atoms. The van der Waals surface area contributed by atoms with Gasteiger partial charge in [0.25, 0.3) is 0 Å². The van der Waals surface area contributed by atoms with Crippen LogP contribution in [-0.2, 0) is 5.75 Å². The van der Waals surface area contributed by atoms with E-state index in [0.29, 0.717) is 15.8 Å². The smallest absolute Gasteiger partial charge is 0.354 e. The summed E-state index contributed by atoms with van der Waals surface area (Å²) in [6, 6.07) is 8.75. The molecule has 0 amide bonds. The first kappa shape index (κ1) is 14.2. The molecule has 2 rings (SSSR count). The highest BCUT2D eigenvalue weighted by Gasteiger charge is 2.06. The van der Waals surface area contributed by atoms with Crippen LogP contribution in [0.5, 0.6) is 0 Å². The van der Waals surface area contributed by atoms with Gasteiger partial charge in [0.1, 0.15) is 5.69 Å². The quantitative estimate of drug-likeness (QED) is 0.851. The first-order valence-electron chi connectivity index (χ1n) is 5.32. The van der Waals surface area contributed by atoms with Gasteiger partial charge in [-0.05, 0) is 35.9 Å². The molecule has 6 heteroatoms. The second-order valence-corrected chi connectivity index (χ2v) is 5.58. The summed E-state index contributed by atoms with van der Waals surface area (Å²) in [5, 5.41) is 9.88. The number of pyridine rings is 1. The molecule has 3 nitrogen and oxygen atoms in total. The zero-order valence-corrected chi connectivity index (χ0v) is 12.0. The van der Waals surface area contributed by atoms with Crippen LogP contribution in [0.2, 0.25) is 10.0 Å². The van der Waals surface area contributed by atoms with Crippen molar-refractivity contribution in [1.29, 1.82) is 0 Å². The Morgan fingerprint density at radius 2 is 2.00 bits per heavy atom. The first-order chi connectivity index (χ1) is 9.06. The van der Waals surface area contributed by atoms with Crippen LogP contribution in [0.4, 0.5) is 0 Å². The summed E-state index contributed by atoms with van der Waals surface area (Å²) >= 11 is 13.3. The van der Waals surface area contributed by atoms with E-state index >= 15 is 0 Å². The standard InChI is InChI=1S/C13H9Cl2NO2S/c14-10-2-1-9(6-11(10)15)19-7-8-3-4-16-12(5-8)13(17)18/h1-6H,7H2,(H,17,18). The van der Waals surface area contributed by atoms with Gasteiger partial charge in [0, 0.05) is 16.8 Å². The van der Waals surface area contributed by atoms with E-state index in [1.54, 1.807) is 36.0 Å². The van der Waals surface area contributed by atoms with Gasteiger partial charge in [0.2, 0.25) is 0 Å². The Morgan fingerprint density at radius 3 is 2.68 bits per heavy atom. The summed E-state index contributed by atoms with van der Waals surface area (Å²) < 4.78 is 0. The van der Waals surface area contributed by atoms with Crippen LogP contribution in [0.15, 0.2) is 41.4 Å². The Labute approximate surface area is 124 Å². The minimum Gasteiger partial charge on any atom is -0.477 e. The van der Waals surface area contributed by atoms with Gasteiger partial charge < -0.3 is 5.11 Å². The maximum atomic E-state index is 10.8. The molecule has 19 heavy (non-hydrogen) atoms. The second kappa shape index (κ2) is 6.28. The number of aromatic nitrogens is 1. The van der Waals surface area contributed by atoms with E-state index in [2.05, 4.69) is 4.98 Å². The van der Waals surface area contributed by atoms with E-state index in [0.717, 1.165) is 10.5 Å². The van der Waals surface area contributed by atoms with E-state index in [1.165, 1.54) is 6.20 Å². The number of benzene rings is 1. The molecule has 0 unspecified atom stereocenters. The van der Waals surface area contributed by atoms with E-state index in [1.807, 2.05) is 6.07 Å². The Balaban J connectivity index is 2.07. The number of carboxylic acid groups (broad SMARTS) is 1. The van der Waals surface area contributed by atoms with Crippen molar-refractivity contribution in [2.24, 2.45) is 0 Å². The maximum absolute atomic E-state index is 10.8. The molecule has 0 fully saturated rings. The number of nitrogens with zero attached hydrogens (tertiary/aromatic N) is 1. The average molecular weight is 314 g/mol. The van der Waals surface area contributed by atoms with Crippen LogP contribution in [-0.4, -0.2) is 16.1 Å². The largest absolute Gasteiger partial charge is 0.477 e. The number of rotatable bonds is 4. The number of thioether (sulfide) groups is 1. The number of carbonyl (C=O) groups is 1. The molecular formula is C13H9Cl2NO2S. The molecule has 1 aromatic heterocycles. The molecule has 0 bridgehead atoms. The van der Waals surface area contributed by atoms with Gasteiger partial charge in [-0.1, -0.05) is 23.2 Å². The third-order valence-electron chi connectivity index (χ3n) is 2.34. The average Bonchev–Trinajstić information content (AvgIpc) is 2.40. The molecule has 0 aliphatic heterocycles. The number of halogens is 2. The lowest BCUT2D eigenvalue weighted by atomic mass is 10.2. The van der Waals surface area contributed by atoms with Gasteiger partial charge in [-0.2, -0.15) is 0 Å². The van der Waals surface area contributed by atoms with Crippen LogP contribution >= 0.6 is 35.0 Å². The highest BCUT2D eigenvalue weighted by molar-refractivity contribution is 7.98. The molecule has 1 aromatic carbocycles. The SMILES string of the molecule is O=C(O)c1cc(CSc2ccc(Cl)c(Cl)c2)ccn1. The highest BCUT2D eigenvalue weighted by Crippen LogP contribution is 2.29. The molecule has 1 heterocycles. The van der Waals surface area contributed by atoms with Gasteiger partial charge in [-0.15, -0.1) is 11.8 Å². The predicted molar refractivity (Wildman–Crippen MR) is 77.2 cm³/mol. The van der Waals surface area contributed by atoms with Crippen molar-refractivity contribution in [3.63, 3.8) is 0 Å². The van der Waals surface area contributed by atoms with Crippen molar-refractivity contribution >= 4 is 40.9 Å². The van der Waals surface area contributed by atoms with Gasteiger partial charge in [-0.25, -0.2) is 9.78 Å². The summed E-state index contributed by atoms with van der Waals surface area (Å²) in [5.41, 5.74) is 0.940. The number of hydrogen-bond acceptors (Lipinski definition) is 3. The summed E-state index contributed by atoms with van der Waals surface area (Å²) in [6.45, 7) is 0. The molecule has 98 valence electrons. The minimum absolute atomic E-state index is 0.0484. The van der Waals surface area contributed by atoms with Crippen molar-refractivity contribution in [3.05, 3.63) is 57.8 Å². The van der Waals surface area contributed by atoms with Gasteiger partial charge in [0.15, 0.2) is 0 Å². The molecule has 0 saturated heterocycles. The molecule has 0 atom stereocenters. The Morgan fingerprint density at radius 1 is 1.21 bits per heavy atom. The molecule has 0 saturated carbocycles. The van der Waals surface area contributed by atoms with Crippen LogP contribution in [0.25, 0.3) is 0 Å². The number of carboxylic acids is 1. The molecule has 1 N–H and O–H groups in total. The van der Waals surface area contributed by atoms with E-state index in [4.69, 9.17) is 28.3 Å². The van der Waals surface area contributed by atoms with Crippen molar-refractivity contribution < 1.29 is 9.90 Å². The fraction of sp³-hybridized carbons (Fsp3) is 0.0769. The molecule has 0 radical (unpaired) electrons. The third-order valence-corrected chi connectivity index (χ3v) is 4.14. The molecule has 0 aliphatic carbocycles. The fourth-order valence-electron chi connectivity index (χ4n) is 1.41. The lowest BCUT2D eigenvalue weighted by Gasteiger charge is -2.04. The summed E-state index contributed by atoms with van der Waals surface area (Å²) in [7, 11) is 0. The van der Waals surface area contributed by atoms with Gasteiger partial charge in [0.05, 0.1) is 10.0 Å². The predicted octanol–water partition coefficient (Wildman–Crippen LogP) is 4.38. The van der Waals surface area contributed by atoms with Crippen molar-refractivity contribution in [2.45, 2.75) is 10.6 Å². The van der Waals surface area contributed by atoms with Crippen molar-refractivity contribution in [2.75, 3.05) is 0 Å².